The van der Waals surface area contributed by atoms with Crippen LogP contribution in [0.3, 0.4) is 0 Å². The molecule has 3 atom stereocenters. The molecule has 6 nitrogen and oxygen atoms in total. The number of halogens is 1. The van der Waals surface area contributed by atoms with E-state index in [9.17, 15) is 9.59 Å². The summed E-state index contributed by atoms with van der Waals surface area (Å²) in [5, 5.41) is 2.83. The molecule has 6 rings (SSSR count). The van der Waals surface area contributed by atoms with Gasteiger partial charge >= 0.3 is 0 Å². The number of hydrogen-bond acceptors (Lipinski definition) is 5. The minimum absolute atomic E-state index is 0.205. The summed E-state index contributed by atoms with van der Waals surface area (Å²) >= 11 is 6.67. The summed E-state index contributed by atoms with van der Waals surface area (Å²) in [6, 6.07) is 27.9. The molecule has 3 aromatic carbocycles. The van der Waals surface area contributed by atoms with Gasteiger partial charge in [-0.3, -0.25) is 19.3 Å². The smallest absolute Gasteiger partial charge is 0.262 e. The molecule has 168 valence electrons. The van der Waals surface area contributed by atoms with Gasteiger partial charge in [-0.1, -0.05) is 78.3 Å². The highest BCUT2D eigenvalue weighted by Gasteiger charge is 2.60. The lowest BCUT2D eigenvalue weighted by molar-refractivity contribution is -0.143. The van der Waals surface area contributed by atoms with Gasteiger partial charge in [-0.2, -0.15) is 0 Å². The zero-order valence-corrected chi connectivity index (χ0v) is 18.8. The van der Waals surface area contributed by atoms with Gasteiger partial charge < -0.3 is 0 Å². The van der Waals surface area contributed by atoms with Crippen molar-refractivity contribution in [1.29, 1.82) is 0 Å². The summed E-state index contributed by atoms with van der Waals surface area (Å²) in [5.41, 5.74) is 3.03. The van der Waals surface area contributed by atoms with Gasteiger partial charge in [0.2, 0.25) is 5.91 Å². The van der Waals surface area contributed by atoms with Crippen LogP contribution in [0.5, 0.6) is 0 Å². The monoisotopic (exact) mass is 469 g/mol. The van der Waals surface area contributed by atoms with Crippen LogP contribution in [0, 0.1) is 5.92 Å². The summed E-state index contributed by atoms with van der Waals surface area (Å²) in [7, 11) is 0. The predicted octanol–water partition coefficient (Wildman–Crippen LogP) is 4.93. The lowest BCUT2D eigenvalue weighted by atomic mass is 9.90. The summed E-state index contributed by atoms with van der Waals surface area (Å²) in [5.74, 6) is -1.35. The fourth-order valence-electron chi connectivity index (χ4n) is 4.82. The van der Waals surface area contributed by atoms with E-state index < -0.39 is 18.1 Å². The minimum atomic E-state index is -0.927. The van der Waals surface area contributed by atoms with Crippen LogP contribution < -0.4 is 5.06 Å². The normalized spacial score (nSPS) is 22.0. The molecule has 7 heteroatoms. The molecule has 2 aliphatic rings. The molecule has 0 bridgehead atoms. The van der Waals surface area contributed by atoms with Crippen molar-refractivity contribution in [2.75, 3.05) is 5.06 Å². The third kappa shape index (κ3) is 3.34. The van der Waals surface area contributed by atoms with Crippen molar-refractivity contribution in [1.82, 2.24) is 9.88 Å². The van der Waals surface area contributed by atoms with Crippen molar-refractivity contribution in [2.24, 2.45) is 5.92 Å². The molecule has 2 saturated heterocycles. The molecule has 0 radical (unpaired) electrons. The Labute approximate surface area is 201 Å². The quantitative estimate of drug-likeness (QED) is 0.313. The lowest BCUT2D eigenvalue weighted by Crippen LogP contribution is -2.37. The third-order valence-electron chi connectivity index (χ3n) is 6.42. The van der Waals surface area contributed by atoms with Crippen molar-refractivity contribution >= 4 is 40.0 Å². The molecular weight excluding hydrogens is 450 g/mol. The highest BCUT2D eigenvalue weighted by atomic mass is 35.5. The SMILES string of the molecule is O=C1[C@H]2[C@H](ON(c3ccccc3)[C@@H]2c2cc3ccccc3nc2Cl)C(=O)N1Cc1ccccc1. The van der Waals surface area contributed by atoms with E-state index in [1.807, 2.05) is 91.0 Å². The number of imide groups is 1. The number of carbonyl (C=O) groups is 2. The number of fused-ring (bicyclic) bond motifs is 2. The molecular formula is C27H20ClN3O3. The molecule has 0 saturated carbocycles. The number of amides is 2. The zero-order chi connectivity index (χ0) is 23.2. The van der Waals surface area contributed by atoms with Crippen LogP contribution in [0.4, 0.5) is 5.69 Å². The Morgan fingerprint density at radius 3 is 2.29 bits per heavy atom. The van der Waals surface area contributed by atoms with Gasteiger partial charge in [0.1, 0.15) is 11.1 Å². The largest absolute Gasteiger partial charge is 0.275 e. The standard InChI is InChI=1S/C27H20ClN3O3/c28-25-20(15-18-11-7-8-14-21(18)29-25)23-22-24(34-31(23)19-12-5-2-6-13-19)27(33)30(26(22)32)16-17-9-3-1-4-10-17/h1-15,22-24H,16H2/t22-,23-,24+/m1/s1. The second-order valence-electron chi connectivity index (χ2n) is 8.47. The first-order valence-electron chi connectivity index (χ1n) is 11.1. The summed E-state index contributed by atoms with van der Waals surface area (Å²) in [6.45, 7) is 0.205. The number of hydroxylamine groups is 1. The number of carbonyl (C=O) groups excluding carboxylic acids is 2. The first-order chi connectivity index (χ1) is 16.6. The van der Waals surface area contributed by atoms with Gasteiger partial charge in [0.25, 0.3) is 5.91 Å². The maximum atomic E-state index is 13.7. The van der Waals surface area contributed by atoms with Crippen LogP contribution in [0.1, 0.15) is 17.2 Å². The Kier molecular flexibility index (Phi) is 5.05. The molecule has 2 fully saturated rings. The topological polar surface area (TPSA) is 62.7 Å². The first-order valence-corrected chi connectivity index (χ1v) is 11.4. The van der Waals surface area contributed by atoms with Crippen LogP contribution >= 0.6 is 11.6 Å². The first kappa shape index (κ1) is 20.8. The summed E-state index contributed by atoms with van der Waals surface area (Å²) in [4.78, 5) is 39.1. The second kappa shape index (κ2) is 8.24. The predicted molar refractivity (Wildman–Crippen MR) is 129 cm³/mol. The Hall–Kier alpha value is -3.74. The van der Waals surface area contributed by atoms with E-state index in [4.69, 9.17) is 16.4 Å². The molecule has 2 aliphatic heterocycles. The fraction of sp³-hybridized carbons (Fsp3) is 0.148. The Morgan fingerprint density at radius 1 is 0.853 bits per heavy atom. The lowest BCUT2D eigenvalue weighted by Gasteiger charge is -2.29. The maximum Gasteiger partial charge on any atom is 0.262 e. The van der Waals surface area contributed by atoms with Crippen molar-refractivity contribution in [3.8, 4) is 0 Å². The van der Waals surface area contributed by atoms with E-state index in [-0.39, 0.29) is 23.5 Å². The maximum absolute atomic E-state index is 13.7. The average molecular weight is 470 g/mol. The number of anilines is 1. The van der Waals surface area contributed by atoms with E-state index >= 15 is 0 Å². The zero-order valence-electron chi connectivity index (χ0n) is 18.0. The summed E-state index contributed by atoms with van der Waals surface area (Å²) in [6.07, 6.45) is -0.927. The van der Waals surface area contributed by atoms with Gasteiger partial charge in [-0.15, -0.1) is 0 Å². The Bertz CT molecular complexity index is 1400. The van der Waals surface area contributed by atoms with E-state index in [0.29, 0.717) is 5.56 Å². The van der Waals surface area contributed by atoms with Gasteiger partial charge in [0, 0.05) is 10.9 Å². The molecule has 3 heterocycles. The molecule has 2 amide bonds. The molecule has 34 heavy (non-hydrogen) atoms. The van der Waals surface area contributed by atoms with Crippen molar-refractivity contribution in [3.63, 3.8) is 0 Å². The van der Waals surface area contributed by atoms with Crippen LogP contribution in [0.25, 0.3) is 10.9 Å². The number of rotatable bonds is 4. The molecule has 0 spiro atoms. The number of para-hydroxylation sites is 2. The number of pyridine rings is 1. The summed E-state index contributed by atoms with van der Waals surface area (Å²) < 4.78 is 0. The van der Waals surface area contributed by atoms with Crippen molar-refractivity contribution < 1.29 is 14.4 Å². The Balaban J connectivity index is 1.45. The number of nitrogens with zero attached hydrogens (tertiary/aromatic N) is 3. The highest BCUT2D eigenvalue weighted by molar-refractivity contribution is 6.30. The van der Waals surface area contributed by atoms with Crippen molar-refractivity contribution in [2.45, 2.75) is 18.7 Å². The van der Waals surface area contributed by atoms with E-state index in [1.54, 1.807) is 5.06 Å². The number of aromatic nitrogens is 1. The highest BCUT2D eigenvalue weighted by Crippen LogP contribution is 2.48. The van der Waals surface area contributed by atoms with Gasteiger partial charge in [-0.25, -0.2) is 10.0 Å². The fourth-order valence-corrected chi connectivity index (χ4v) is 5.08. The molecule has 0 N–H and O–H groups in total. The number of benzene rings is 3. The second-order valence-corrected chi connectivity index (χ2v) is 8.83. The molecule has 0 aliphatic carbocycles. The third-order valence-corrected chi connectivity index (χ3v) is 6.73. The number of hydrogen-bond donors (Lipinski definition) is 0. The Morgan fingerprint density at radius 2 is 1.53 bits per heavy atom. The average Bonchev–Trinajstić information content (AvgIpc) is 3.37. The molecule has 0 unspecified atom stereocenters. The van der Waals surface area contributed by atoms with E-state index in [2.05, 4.69) is 4.98 Å². The van der Waals surface area contributed by atoms with E-state index in [0.717, 1.165) is 22.2 Å². The van der Waals surface area contributed by atoms with Crippen LogP contribution in [0.15, 0.2) is 91.0 Å². The van der Waals surface area contributed by atoms with E-state index in [1.165, 1.54) is 4.90 Å². The number of likely N-dealkylation sites (tertiary alicyclic amines) is 1. The van der Waals surface area contributed by atoms with Crippen LogP contribution in [-0.2, 0) is 21.0 Å². The van der Waals surface area contributed by atoms with Gasteiger partial charge in [0.15, 0.2) is 6.10 Å². The minimum Gasteiger partial charge on any atom is -0.275 e. The van der Waals surface area contributed by atoms with Crippen molar-refractivity contribution in [3.05, 3.63) is 107 Å². The molecule has 1 aromatic heterocycles. The van der Waals surface area contributed by atoms with Gasteiger partial charge in [-0.05, 0) is 29.8 Å². The van der Waals surface area contributed by atoms with Crippen LogP contribution in [0.2, 0.25) is 5.15 Å². The van der Waals surface area contributed by atoms with Crippen LogP contribution in [-0.4, -0.2) is 27.8 Å². The molecule has 4 aromatic rings. The van der Waals surface area contributed by atoms with Gasteiger partial charge in [0.05, 0.1) is 23.8 Å².